The van der Waals surface area contributed by atoms with Gasteiger partial charge in [0, 0.05) is 12.2 Å². The van der Waals surface area contributed by atoms with E-state index >= 15 is 0 Å². The van der Waals surface area contributed by atoms with Gasteiger partial charge in [0.2, 0.25) is 5.91 Å². The van der Waals surface area contributed by atoms with E-state index in [-0.39, 0.29) is 11.9 Å². The van der Waals surface area contributed by atoms with Crippen LogP contribution in [0.5, 0.6) is 0 Å². The third kappa shape index (κ3) is 3.18. The van der Waals surface area contributed by atoms with E-state index in [1.54, 1.807) is 6.92 Å². The zero-order valence-corrected chi connectivity index (χ0v) is 11.4. The van der Waals surface area contributed by atoms with Crippen LogP contribution in [-0.2, 0) is 11.3 Å². The molecule has 2 heterocycles. The van der Waals surface area contributed by atoms with Gasteiger partial charge in [0.25, 0.3) is 0 Å². The SMILES string of the molecule is Cc1cc(C)n(CCNC(=O)C(C)n2cncn2)n1. The molecule has 2 rings (SSSR count). The molecule has 1 atom stereocenters. The van der Waals surface area contributed by atoms with Gasteiger partial charge in [0.1, 0.15) is 18.7 Å². The molecule has 2 aromatic heterocycles. The van der Waals surface area contributed by atoms with E-state index in [0.29, 0.717) is 13.1 Å². The number of rotatable bonds is 5. The maximum absolute atomic E-state index is 11.9. The molecule has 7 nitrogen and oxygen atoms in total. The van der Waals surface area contributed by atoms with Crippen molar-refractivity contribution in [1.29, 1.82) is 0 Å². The highest BCUT2D eigenvalue weighted by Gasteiger charge is 2.14. The largest absolute Gasteiger partial charge is 0.352 e. The van der Waals surface area contributed by atoms with Crippen LogP contribution in [0.4, 0.5) is 0 Å². The van der Waals surface area contributed by atoms with E-state index in [1.165, 1.54) is 17.3 Å². The highest BCUT2D eigenvalue weighted by Crippen LogP contribution is 2.02. The second-order valence-corrected chi connectivity index (χ2v) is 4.49. The Kier molecular flexibility index (Phi) is 3.94. The lowest BCUT2D eigenvalue weighted by atomic mass is 10.3. The number of aryl methyl sites for hydroxylation is 2. The molecule has 0 fully saturated rings. The second kappa shape index (κ2) is 5.64. The molecule has 0 spiro atoms. The standard InChI is InChI=1S/C12H18N6O/c1-9-6-10(2)17(16-9)5-4-14-12(19)11(3)18-8-13-7-15-18/h6-8,11H,4-5H2,1-3H3,(H,14,19). The van der Waals surface area contributed by atoms with Crippen LogP contribution in [0, 0.1) is 13.8 Å². The van der Waals surface area contributed by atoms with Gasteiger partial charge < -0.3 is 5.32 Å². The quantitative estimate of drug-likeness (QED) is 0.849. The van der Waals surface area contributed by atoms with E-state index in [9.17, 15) is 4.79 Å². The zero-order valence-electron chi connectivity index (χ0n) is 11.4. The molecule has 1 unspecified atom stereocenters. The first-order valence-corrected chi connectivity index (χ1v) is 6.21. The summed E-state index contributed by atoms with van der Waals surface area (Å²) >= 11 is 0. The van der Waals surface area contributed by atoms with Crippen molar-refractivity contribution in [2.24, 2.45) is 0 Å². The molecule has 0 radical (unpaired) electrons. The van der Waals surface area contributed by atoms with Crippen LogP contribution >= 0.6 is 0 Å². The van der Waals surface area contributed by atoms with Crippen LogP contribution in [0.25, 0.3) is 0 Å². The number of amides is 1. The van der Waals surface area contributed by atoms with Gasteiger partial charge >= 0.3 is 0 Å². The zero-order chi connectivity index (χ0) is 13.8. The minimum Gasteiger partial charge on any atom is -0.352 e. The summed E-state index contributed by atoms with van der Waals surface area (Å²) in [6, 6.07) is 1.66. The van der Waals surface area contributed by atoms with Crippen molar-refractivity contribution in [1.82, 2.24) is 29.9 Å². The highest BCUT2D eigenvalue weighted by atomic mass is 16.2. The summed E-state index contributed by atoms with van der Waals surface area (Å²) in [5.74, 6) is -0.0768. The monoisotopic (exact) mass is 262 g/mol. The molecule has 0 aliphatic carbocycles. The van der Waals surface area contributed by atoms with Gasteiger partial charge in [-0.25, -0.2) is 9.67 Å². The van der Waals surface area contributed by atoms with Crippen LogP contribution in [0.1, 0.15) is 24.4 Å². The van der Waals surface area contributed by atoms with Gasteiger partial charge in [0.05, 0.1) is 12.2 Å². The molecule has 1 N–H and O–H groups in total. The van der Waals surface area contributed by atoms with Crippen LogP contribution in [0.15, 0.2) is 18.7 Å². The first-order chi connectivity index (χ1) is 9.08. The predicted molar refractivity (Wildman–Crippen MR) is 69.4 cm³/mol. The minimum absolute atomic E-state index is 0.0768. The van der Waals surface area contributed by atoms with Crippen molar-refractivity contribution in [2.45, 2.75) is 33.4 Å². The summed E-state index contributed by atoms with van der Waals surface area (Å²) in [5, 5.41) is 11.2. The van der Waals surface area contributed by atoms with Crippen molar-refractivity contribution < 1.29 is 4.79 Å². The molecule has 0 bridgehead atoms. The average molecular weight is 262 g/mol. The van der Waals surface area contributed by atoms with Gasteiger partial charge in [-0.1, -0.05) is 0 Å². The van der Waals surface area contributed by atoms with Crippen molar-refractivity contribution in [2.75, 3.05) is 6.54 Å². The van der Waals surface area contributed by atoms with Gasteiger partial charge in [-0.3, -0.25) is 9.48 Å². The van der Waals surface area contributed by atoms with Crippen LogP contribution < -0.4 is 5.32 Å². The van der Waals surface area contributed by atoms with Crippen LogP contribution in [0.3, 0.4) is 0 Å². The molecule has 0 saturated heterocycles. The lowest BCUT2D eigenvalue weighted by Crippen LogP contribution is -2.33. The first-order valence-electron chi connectivity index (χ1n) is 6.21. The fourth-order valence-corrected chi connectivity index (χ4v) is 1.87. The Morgan fingerprint density at radius 3 is 2.84 bits per heavy atom. The Bertz CT molecular complexity index is 545. The van der Waals surface area contributed by atoms with E-state index in [4.69, 9.17) is 0 Å². The molecule has 0 aliphatic heterocycles. The molecular formula is C12H18N6O. The predicted octanol–water partition coefficient (Wildman–Crippen LogP) is 0.469. The molecule has 0 saturated carbocycles. The van der Waals surface area contributed by atoms with E-state index in [1.807, 2.05) is 24.6 Å². The number of carbonyl (C=O) groups excluding carboxylic acids is 1. The fourth-order valence-electron chi connectivity index (χ4n) is 1.87. The van der Waals surface area contributed by atoms with Crippen molar-refractivity contribution in [3.63, 3.8) is 0 Å². The van der Waals surface area contributed by atoms with Crippen molar-refractivity contribution >= 4 is 5.91 Å². The minimum atomic E-state index is -0.358. The Balaban J connectivity index is 1.83. The molecular weight excluding hydrogens is 244 g/mol. The summed E-state index contributed by atoms with van der Waals surface area (Å²) in [6.07, 6.45) is 2.95. The smallest absolute Gasteiger partial charge is 0.244 e. The topological polar surface area (TPSA) is 77.6 Å². The van der Waals surface area contributed by atoms with Gasteiger partial charge in [0.15, 0.2) is 0 Å². The van der Waals surface area contributed by atoms with Crippen molar-refractivity contribution in [3.05, 3.63) is 30.1 Å². The highest BCUT2D eigenvalue weighted by molar-refractivity contribution is 5.79. The normalized spacial score (nSPS) is 12.4. The number of aromatic nitrogens is 5. The molecule has 2 aromatic rings. The number of carbonyl (C=O) groups is 1. The van der Waals surface area contributed by atoms with Crippen LogP contribution in [-0.4, -0.2) is 37.0 Å². The lowest BCUT2D eigenvalue weighted by Gasteiger charge is -2.12. The summed E-state index contributed by atoms with van der Waals surface area (Å²) < 4.78 is 3.41. The molecule has 7 heteroatoms. The van der Waals surface area contributed by atoms with E-state index in [0.717, 1.165) is 11.4 Å². The van der Waals surface area contributed by atoms with Crippen LogP contribution in [0.2, 0.25) is 0 Å². The second-order valence-electron chi connectivity index (χ2n) is 4.49. The average Bonchev–Trinajstić information content (AvgIpc) is 2.98. The Morgan fingerprint density at radius 2 is 2.26 bits per heavy atom. The maximum Gasteiger partial charge on any atom is 0.244 e. The number of hydrogen-bond acceptors (Lipinski definition) is 4. The fraction of sp³-hybridized carbons (Fsp3) is 0.500. The van der Waals surface area contributed by atoms with Gasteiger partial charge in [-0.05, 0) is 26.8 Å². The Hall–Kier alpha value is -2.18. The number of nitrogens with one attached hydrogen (secondary N) is 1. The lowest BCUT2D eigenvalue weighted by molar-refractivity contribution is -0.124. The Labute approximate surface area is 111 Å². The molecule has 0 aliphatic rings. The summed E-state index contributed by atoms with van der Waals surface area (Å²) in [5.41, 5.74) is 2.08. The van der Waals surface area contributed by atoms with E-state index in [2.05, 4.69) is 20.5 Å². The third-order valence-electron chi connectivity index (χ3n) is 2.94. The summed E-state index contributed by atoms with van der Waals surface area (Å²) in [4.78, 5) is 15.7. The maximum atomic E-state index is 11.9. The summed E-state index contributed by atoms with van der Waals surface area (Å²) in [6.45, 7) is 6.94. The van der Waals surface area contributed by atoms with E-state index < -0.39 is 0 Å². The Morgan fingerprint density at radius 1 is 1.47 bits per heavy atom. The molecule has 1 amide bonds. The van der Waals surface area contributed by atoms with Crippen molar-refractivity contribution in [3.8, 4) is 0 Å². The number of nitrogens with zero attached hydrogens (tertiary/aromatic N) is 5. The molecule has 19 heavy (non-hydrogen) atoms. The first kappa shape index (κ1) is 13.3. The van der Waals surface area contributed by atoms with Gasteiger partial charge in [-0.2, -0.15) is 10.2 Å². The third-order valence-corrected chi connectivity index (χ3v) is 2.94. The molecule has 102 valence electrons. The summed E-state index contributed by atoms with van der Waals surface area (Å²) in [7, 11) is 0. The molecule has 0 aromatic carbocycles. The number of hydrogen-bond donors (Lipinski definition) is 1. The van der Waals surface area contributed by atoms with Gasteiger partial charge in [-0.15, -0.1) is 0 Å².